The third-order valence-electron chi connectivity index (χ3n) is 6.28. The molecule has 30 heavy (non-hydrogen) atoms. The molecule has 0 bridgehead atoms. The first-order chi connectivity index (χ1) is 14.7. The lowest BCUT2D eigenvalue weighted by Gasteiger charge is -2.32. The molecule has 1 aromatic carbocycles. The zero-order chi connectivity index (χ0) is 20.8. The molecule has 1 amide bonds. The number of ether oxygens (including phenoxy) is 1. The Balaban J connectivity index is 1.26. The molecule has 5 heteroatoms. The fraction of sp³-hybridized carbons (Fsp3) is 0.560. The van der Waals surface area contributed by atoms with E-state index < -0.39 is 0 Å². The van der Waals surface area contributed by atoms with E-state index in [1.165, 1.54) is 12.8 Å². The van der Waals surface area contributed by atoms with E-state index >= 15 is 0 Å². The van der Waals surface area contributed by atoms with Crippen molar-refractivity contribution >= 4 is 5.91 Å². The highest BCUT2D eigenvalue weighted by molar-refractivity contribution is 5.97. The molecule has 2 aromatic rings. The van der Waals surface area contributed by atoms with Crippen LogP contribution >= 0.6 is 0 Å². The summed E-state index contributed by atoms with van der Waals surface area (Å²) in [6.45, 7) is 7.73. The second-order valence-electron chi connectivity index (χ2n) is 8.73. The van der Waals surface area contributed by atoms with Crippen molar-refractivity contribution in [1.82, 2.24) is 9.80 Å². The third-order valence-corrected chi connectivity index (χ3v) is 6.28. The molecule has 162 valence electrons. The lowest BCUT2D eigenvalue weighted by atomic mass is 9.98. The molecule has 0 N–H and O–H groups in total. The first-order valence-electron chi connectivity index (χ1n) is 11.5. The van der Waals surface area contributed by atoms with Crippen LogP contribution in [-0.2, 0) is 6.42 Å². The molecule has 1 unspecified atom stereocenters. The third kappa shape index (κ3) is 5.45. The SMILES string of the molecule is Cc1ccc(CCCN2CCCC(COc3ccccc3C(=O)N3CCCC3)C2)o1. The fourth-order valence-corrected chi connectivity index (χ4v) is 4.65. The van der Waals surface area contributed by atoms with E-state index in [2.05, 4.69) is 11.0 Å². The smallest absolute Gasteiger partial charge is 0.257 e. The Morgan fingerprint density at radius 2 is 1.93 bits per heavy atom. The Kier molecular flexibility index (Phi) is 7.11. The highest BCUT2D eigenvalue weighted by Crippen LogP contribution is 2.24. The number of hydrogen-bond acceptors (Lipinski definition) is 4. The minimum atomic E-state index is 0.113. The van der Waals surface area contributed by atoms with Crippen molar-refractivity contribution in [2.24, 2.45) is 5.92 Å². The number of carbonyl (C=O) groups excluding carboxylic acids is 1. The van der Waals surface area contributed by atoms with Gasteiger partial charge in [0.2, 0.25) is 0 Å². The summed E-state index contributed by atoms with van der Waals surface area (Å²) in [5, 5.41) is 0. The van der Waals surface area contributed by atoms with Gasteiger partial charge in [0.05, 0.1) is 12.2 Å². The Morgan fingerprint density at radius 3 is 2.73 bits per heavy atom. The van der Waals surface area contributed by atoms with Crippen LogP contribution < -0.4 is 4.74 Å². The number of carbonyl (C=O) groups is 1. The van der Waals surface area contributed by atoms with Gasteiger partial charge in [-0.15, -0.1) is 0 Å². The predicted octanol–water partition coefficient (Wildman–Crippen LogP) is 4.55. The molecule has 1 atom stereocenters. The molecule has 2 fully saturated rings. The summed E-state index contributed by atoms with van der Waals surface area (Å²) in [5.41, 5.74) is 0.709. The number of hydrogen-bond donors (Lipinski definition) is 0. The van der Waals surface area contributed by atoms with Crippen LogP contribution in [0.4, 0.5) is 0 Å². The average Bonchev–Trinajstić information content (AvgIpc) is 3.44. The number of piperidine rings is 1. The average molecular weight is 411 g/mol. The number of para-hydroxylation sites is 1. The van der Waals surface area contributed by atoms with Gasteiger partial charge in [0.1, 0.15) is 17.3 Å². The second-order valence-corrected chi connectivity index (χ2v) is 8.73. The van der Waals surface area contributed by atoms with E-state index in [0.717, 1.165) is 75.7 Å². The van der Waals surface area contributed by atoms with Crippen LogP contribution in [0.2, 0.25) is 0 Å². The molecule has 4 rings (SSSR count). The van der Waals surface area contributed by atoms with Crippen molar-refractivity contribution in [3.63, 3.8) is 0 Å². The van der Waals surface area contributed by atoms with Crippen LogP contribution in [-0.4, -0.2) is 55.0 Å². The van der Waals surface area contributed by atoms with E-state index in [-0.39, 0.29) is 5.91 Å². The van der Waals surface area contributed by atoms with E-state index in [9.17, 15) is 4.79 Å². The highest BCUT2D eigenvalue weighted by atomic mass is 16.5. The lowest BCUT2D eigenvalue weighted by Crippen LogP contribution is -2.38. The maximum Gasteiger partial charge on any atom is 0.257 e. The molecule has 2 aliphatic rings. The minimum Gasteiger partial charge on any atom is -0.492 e. The standard InChI is InChI=1S/C25H34N2O3/c1-20-12-13-22(30-20)9-7-15-26-14-6-8-21(18-26)19-29-24-11-3-2-10-23(24)25(28)27-16-4-5-17-27/h2-3,10-13,21H,4-9,14-19H2,1H3. The highest BCUT2D eigenvalue weighted by Gasteiger charge is 2.24. The molecule has 3 heterocycles. The van der Waals surface area contributed by atoms with Gasteiger partial charge in [-0.2, -0.15) is 0 Å². The van der Waals surface area contributed by atoms with Crippen molar-refractivity contribution in [3.05, 3.63) is 53.5 Å². The maximum absolute atomic E-state index is 12.8. The van der Waals surface area contributed by atoms with Gasteiger partial charge in [0.25, 0.3) is 5.91 Å². The fourth-order valence-electron chi connectivity index (χ4n) is 4.65. The number of rotatable bonds is 8. The van der Waals surface area contributed by atoms with Gasteiger partial charge in [-0.05, 0) is 76.4 Å². The van der Waals surface area contributed by atoms with Gasteiger partial charge < -0.3 is 19.0 Å². The van der Waals surface area contributed by atoms with Crippen molar-refractivity contribution in [2.75, 3.05) is 39.3 Å². The summed E-state index contributed by atoms with van der Waals surface area (Å²) in [7, 11) is 0. The van der Waals surface area contributed by atoms with Gasteiger partial charge in [0.15, 0.2) is 0 Å². The van der Waals surface area contributed by atoms with Crippen LogP contribution in [0.1, 0.15) is 54.0 Å². The van der Waals surface area contributed by atoms with E-state index in [1.54, 1.807) is 0 Å². The summed E-state index contributed by atoms with van der Waals surface area (Å²) >= 11 is 0. The largest absolute Gasteiger partial charge is 0.492 e. The molecular weight excluding hydrogens is 376 g/mol. The number of furan rings is 1. The summed E-state index contributed by atoms with van der Waals surface area (Å²) in [6, 6.07) is 11.9. The first kappa shape index (κ1) is 21.0. The van der Waals surface area contributed by atoms with Gasteiger partial charge in [-0.3, -0.25) is 4.79 Å². The van der Waals surface area contributed by atoms with E-state index in [1.807, 2.05) is 42.2 Å². The molecular formula is C25H34N2O3. The number of benzene rings is 1. The first-order valence-corrected chi connectivity index (χ1v) is 11.5. The Labute approximate surface area is 180 Å². The number of likely N-dealkylation sites (tertiary alicyclic amines) is 2. The molecule has 0 radical (unpaired) electrons. The van der Waals surface area contributed by atoms with Crippen molar-refractivity contribution in [1.29, 1.82) is 0 Å². The zero-order valence-corrected chi connectivity index (χ0v) is 18.1. The van der Waals surface area contributed by atoms with Crippen LogP contribution in [0.25, 0.3) is 0 Å². The Morgan fingerprint density at radius 1 is 1.10 bits per heavy atom. The summed E-state index contributed by atoms with van der Waals surface area (Å²) in [6.07, 6.45) is 6.72. The molecule has 0 spiro atoms. The molecule has 0 aliphatic carbocycles. The molecule has 5 nitrogen and oxygen atoms in total. The minimum absolute atomic E-state index is 0.113. The summed E-state index contributed by atoms with van der Waals surface area (Å²) in [4.78, 5) is 17.3. The maximum atomic E-state index is 12.8. The van der Waals surface area contributed by atoms with Gasteiger partial charge in [-0.25, -0.2) is 0 Å². The normalized spacial score (nSPS) is 19.9. The molecule has 2 aliphatic heterocycles. The molecule has 2 saturated heterocycles. The van der Waals surface area contributed by atoms with Crippen LogP contribution in [0, 0.1) is 12.8 Å². The predicted molar refractivity (Wildman–Crippen MR) is 118 cm³/mol. The summed E-state index contributed by atoms with van der Waals surface area (Å²) in [5.74, 6) is 3.44. The lowest BCUT2D eigenvalue weighted by molar-refractivity contribution is 0.0784. The number of nitrogens with zero attached hydrogens (tertiary/aromatic N) is 2. The Bertz CT molecular complexity index is 825. The monoisotopic (exact) mass is 410 g/mol. The van der Waals surface area contributed by atoms with Crippen LogP contribution in [0.5, 0.6) is 5.75 Å². The van der Waals surface area contributed by atoms with Crippen molar-refractivity contribution in [2.45, 2.75) is 45.4 Å². The quantitative estimate of drug-likeness (QED) is 0.641. The molecule has 1 aromatic heterocycles. The molecule has 0 saturated carbocycles. The van der Waals surface area contributed by atoms with Crippen LogP contribution in [0.15, 0.2) is 40.8 Å². The second kappa shape index (κ2) is 10.2. The van der Waals surface area contributed by atoms with E-state index in [4.69, 9.17) is 9.15 Å². The zero-order valence-electron chi connectivity index (χ0n) is 18.1. The van der Waals surface area contributed by atoms with Gasteiger partial charge in [-0.1, -0.05) is 12.1 Å². The summed E-state index contributed by atoms with van der Waals surface area (Å²) < 4.78 is 11.9. The van der Waals surface area contributed by atoms with Crippen molar-refractivity contribution < 1.29 is 13.9 Å². The van der Waals surface area contributed by atoms with E-state index in [0.29, 0.717) is 18.1 Å². The number of aryl methyl sites for hydroxylation is 2. The van der Waals surface area contributed by atoms with Crippen molar-refractivity contribution in [3.8, 4) is 5.75 Å². The number of amides is 1. The van der Waals surface area contributed by atoms with Gasteiger partial charge in [0, 0.05) is 32.0 Å². The topological polar surface area (TPSA) is 45.9 Å². The Hall–Kier alpha value is -2.27. The van der Waals surface area contributed by atoms with Gasteiger partial charge >= 0.3 is 0 Å². The van der Waals surface area contributed by atoms with Crippen LogP contribution in [0.3, 0.4) is 0 Å².